The van der Waals surface area contributed by atoms with Crippen LogP contribution in [-0.4, -0.2) is 66.8 Å². The molecule has 0 spiro atoms. The lowest BCUT2D eigenvalue weighted by atomic mass is 9.82. The molecule has 0 aromatic heterocycles. The van der Waals surface area contributed by atoms with Gasteiger partial charge in [-0.2, -0.15) is 0 Å². The van der Waals surface area contributed by atoms with Gasteiger partial charge in [0, 0.05) is 39.9 Å². The van der Waals surface area contributed by atoms with E-state index in [-0.39, 0.29) is 6.03 Å². The predicted octanol–water partition coefficient (Wildman–Crippen LogP) is 1.65. The van der Waals surface area contributed by atoms with E-state index in [1.165, 1.54) is 0 Å². The minimum absolute atomic E-state index is 0.0475. The van der Waals surface area contributed by atoms with Gasteiger partial charge in [-0.15, -0.1) is 0 Å². The summed E-state index contributed by atoms with van der Waals surface area (Å²) in [6.07, 6.45) is 3.37. The summed E-state index contributed by atoms with van der Waals surface area (Å²) in [5.74, 6) is -0.324. The van der Waals surface area contributed by atoms with E-state index in [0.717, 1.165) is 39.0 Å². The third-order valence-electron chi connectivity index (χ3n) is 4.68. The van der Waals surface area contributed by atoms with Crippen molar-refractivity contribution in [1.82, 2.24) is 9.80 Å². The molecule has 21 heavy (non-hydrogen) atoms. The first kappa shape index (κ1) is 16.1. The number of carboxylic acids is 1. The molecule has 2 heterocycles. The highest BCUT2D eigenvalue weighted by atomic mass is 16.5. The third kappa shape index (κ3) is 3.87. The number of aliphatic carboxylic acids is 1. The van der Waals surface area contributed by atoms with Crippen LogP contribution in [-0.2, 0) is 9.53 Å². The number of carbonyl (C=O) groups excluding carboxylic acids is 1. The Morgan fingerprint density at radius 2 is 2.05 bits per heavy atom. The molecule has 0 radical (unpaired) electrons. The van der Waals surface area contributed by atoms with Crippen LogP contribution in [0.2, 0.25) is 0 Å². The van der Waals surface area contributed by atoms with Crippen molar-refractivity contribution in [2.24, 2.45) is 11.3 Å². The molecule has 1 atom stereocenters. The van der Waals surface area contributed by atoms with Crippen LogP contribution in [0.4, 0.5) is 4.79 Å². The summed E-state index contributed by atoms with van der Waals surface area (Å²) in [4.78, 5) is 27.3. The van der Waals surface area contributed by atoms with Crippen LogP contribution in [0, 0.1) is 11.3 Å². The highest BCUT2D eigenvalue weighted by Gasteiger charge is 2.40. The minimum atomic E-state index is -0.813. The molecule has 0 aromatic carbocycles. The summed E-state index contributed by atoms with van der Waals surface area (Å²) in [6, 6.07) is -0.0475. The van der Waals surface area contributed by atoms with Crippen molar-refractivity contribution in [1.29, 1.82) is 0 Å². The van der Waals surface area contributed by atoms with Crippen molar-refractivity contribution in [2.45, 2.75) is 32.6 Å². The van der Waals surface area contributed by atoms with Crippen LogP contribution in [0.15, 0.2) is 0 Å². The van der Waals surface area contributed by atoms with E-state index in [4.69, 9.17) is 4.74 Å². The van der Waals surface area contributed by atoms with Crippen molar-refractivity contribution in [3.05, 3.63) is 0 Å². The molecule has 2 aliphatic heterocycles. The number of urea groups is 1. The van der Waals surface area contributed by atoms with Gasteiger partial charge in [-0.25, -0.2) is 4.79 Å². The van der Waals surface area contributed by atoms with E-state index in [0.29, 0.717) is 25.4 Å². The van der Waals surface area contributed by atoms with E-state index in [9.17, 15) is 14.7 Å². The van der Waals surface area contributed by atoms with Gasteiger partial charge in [-0.1, -0.05) is 0 Å². The fourth-order valence-corrected chi connectivity index (χ4v) is 3.21. The van der Waals surface area contributed by atoms with Crippen molar-refractivity contribution in [2.75, 3.05) is 39.9 Å². The Kier molecular flexibility index (Phi) is 5.08. The van der Waals surface area contributed by atoms with E-state index < -0.39 is 11.4 Å². The first-order valence-electron chi connectivity index (χ1n) is 7.73. The average Bonchev–Trinajstić information content (AvgIpc) is 2.47. The molecule has 6 heteroatoms. The van der Waals surface area contributed by atoms with Crippen LogP contribution in [0.1, 0.15) is 32.6 Å². The van der Waals surface area contributed by atoms with E-state index in [2.05, 4.69) is 0 Å². The number of ether oxygens (including phenoxy) is 1. The average molecular weight is 298 g/mol. The molecular weight excluding hydrogens is 272 g/mol. The van der Waals surface area contributed by atoms with Crippen LogP contribution in [0.3, 0.4) is 0 Å². The van der Waals surface area contributed by atoms with Gasteiger partial charge in [0.2, 0.25) is 0 Å². The molecule has 1 N–H and O–H groups in total. The van der Waals surface area contributed by atoms with Gasteiger partial charge in [0.1, 0.15) is 0 Å². The van der Waals surface area contributed by atoms with Gasteiger partial charge < -0.3 is 19.6 Å². The summed E-state index contributed by atoms with van der Waals surface area (Å²) in [7, 11) is 1.81. The Morgan fingerprint density at radius 3 is 2.67 bits per heavy atom. The molecule has 6 nitrogen and oxygen atoms in total. The van der Waals surface area contributed by atoms with E-state index in [1.807, 2.05) is 7.05 Å². The Labute approximate surface area is 126 Å². The van der Waals surface area contributed by atoms with Crippen LogP contribution in [0.25, 0.3) is 0 Å². The van der Waals surface area contributed by atoms with Crippen LogP contribution >= 0.6 is 0 Å². The standard InChI is InChI=1S/C15H26N2O4/c1-15(13(18)19)6-3-7-17(11-15)14(20)16(2)10-12-4-8-21-9-5-12/h12H,3-11H2,1-2H3,(H,18,19). The third-order valence-corrected chi connectivity index (χ3v) is 4.68. The first-order chi connectivity index (χ1) is 9.92. The maximum absolute atomic E-state index is 12.5. The minimum Gasteiger partial charge on any atom is -0.481 e. The SMILES string of the molecule is CN(CC1CCOCC1)C(=O)N1CCCC(C)(C(=O)O)C1. The van der Waals surface area contributed by atoms with Gasteiger partial charge in [0.15, 0.2) is 0 Å². The number of hydrogen-bond donors (Lipinski definition) is 1. The zero-order chi connectivity index (χ0) is 15.5. The molecule has 0 saturated carbocycles. The maximum atomic E-state index is 12.5. The predicted molar refractivity (Wildman–Crippen MR) is 78.1 cm³/mol. The summed E-state index contributed by atoms with van der Waals surface area (Å²) in [5.41, 5.74) is -0.812. The second kappa shape index (κ2) is 6.64. The summed E-state index contributed by atoms with van der Waals surface area (Å²) in [6.45, 7) is 4.95. The van der Waals surface area contributed by atoms with E-state index >= 15 is 0 Å². The number of piperidine rings is 1. The molecule has 2 rings (SSSR count). The van der Waals surface area contributed by atoms with Crippen molar-refractivity contribution in [3.63, 3.8) is 0 Å². The molecule has 2 fully saturated rings. The molecule has 2 aliphatic rings. The number of hydrogen-bond acceptors (Lipinski definition) is 3. The lowest BCUT2D eigenvalue weighted by molar-refractivity contribution is -0.150. The maximum Gasteiger partial charge on any atom is 0.319 e. The van der Waals surface area contributed by atoms with Gasteiger partial charge in [0.05, 0.1) is 5.41 Å². The Hall–Kier alpha value is -1.30. The van der Waals surface area contributed by atoms with Crippen LogP contribution < -0.4 is 0 Å². The number of carbonyl (C=O) groups is 2. The fourth-order valence-electron chi connectivity index (χ4n) is 3.21. The fraction of sp³-hybridized carbons (Fsp3) is 0.867. The summed E-state index contributed by atoms with van der Waals surface area (Å²) < 4.78 is 5.33. The largest absolute Gasteiger partial charge is 0.481 e. The number of carboxylic acid groups (broad SMARTS) is 1. The zero-order valence-corrected chi connectivity index (χ0v) is 13.0. The van der Waals surface area contributed by atoms with Gasteiger partial charge >= 0.3 is 12.0 Å². The topological polar surface area (TPSA) is 70.1 Å². The van der Waals surface area contributed by atoms with Gasteiger partial charge in [-0.05, 0) is 38.5 Å². The van der Waals surface area contributed by atoms with Crippen molar-refractivity contribution >= 4 is 12.0 Å². The monoisotopic (exact) mass is 298 g/mol. The molecule has 0 aromatic rings. The van der Waals surface area contributed by atoms with Crippen molar-refractivity contribution in [3.8, 4) is 0 Å². The summed E-state index contributed by atoms with van der Waals surface area (Å²) >= 11 is 0. The molecule has 0 bridgehead atoms. The molecule has 0 aliphatic carbocycles. The second-order valence-corrected chi connectivity index (χ2v) is 6.61. The van der Waals surface area contributed by atoms with Crippen molar-refractivity contribution < 1.29 is 19.4 Å². The smallest absolute Gasteiger partial charge is 0.319 e. The Morgan fingerprint density at radius 1 is 1.38 bits per heavy atom. The molecule has 120 valence electrons. The normalized spacial score (nSPS) is 27.4. The highest BCUT2D eigenvalue weighted by molar-refractivity contribution is 5.78. The second-order valence-electron chi connectivity index (χ2n) is 6.61. The number of rotatable bonds is 3. The van der Waals surface area contributed by atoms with E-state index in [1.54, 1.807) is 16.7 Å². The number of amides is 2. The molecule has 1 unspecified atom stereocenters. The molecule has 2 amide bonds. The Balaban J connectivity index is 1.90. The lowest BCUT2D eigenvalue weighted by Gasteiger charge is -2.39. The molecule has 2 saturated heterocycles. The lowest BCUT2D eigenvalue weighted by Crippen LogP contribution is -2.52. The summed E-state index contributed by atoms with van der Waals surface area (Å²) in [5, 5.41) is 9.33. The molecular formula is C15H26N2O4. The van der Waals surface area contributed by atoms with Gasteiger partial charge in [-0.3, -0.25) is 4.79 Å². The first-order valence-corrected chi connectivity index (χ1v) is 7.73. The quantitative estimate of drug-likeness (QED) is 0.860. The Bertz CT molecular complexity index is 395. The number of nitrogens with zero attached hydrogens (tertiary/aromatic N) is 2. The zero-order valence-electron chi connectivity index (χ0n) is 13.0. The van der Waals surface area contributed by atoms with Crippen LogP contribution in [0.5, 0.6) is 0 Å². The number of likely N-dealkylation sites (tertiary alicyclic amines) is 1. The van der Waals surface area contributed by atoms with Gasteiger partial charge in [0.25, 0.3) is 0 Å². The highest BCUT2D eigenvalue weighted by Crippen LogP contribution is 2.30.